The molecule has 0 aliphatic rings. The molecular formula is C18H13F3N2O6S. The summed E-state index contributed by atoms with van der Waals surface area (Å²) in [6, 6.07) is 6.14. The summed E-state index contributed by atoms with van der Waals surface area (Å²) >= 11 is 0. The van der Waals surface area contributed by atoms with Gasteiger partial charge in [0.25, 0.3) is 11.8 Å². The first-order chi connectivity index (χ1) is 13.9. The van der Waals surface area contributed by atoms with E-state index in [0.29, 0.717) is 6.07 Å². The first kappa shape index (κ1) is 21.2. The van der Waals surface area contributed by atoms with E-state index in [4.69, 9.17) is 8.83 Å². The highest BCUT2D eigenvalue weighted by Gasteiger charge is 2.35. The maximum absolute atomic E-state index is 13.5. The van der Waals surface area contributed by atoms with Gasteiger partial charge in [0, 0.05) is 11.9 Å². The van der Waals surface area contributed by atoms with Crippen LogP contribution in [0.1, 0.15) is 26.5 Å². The lowest BCUT2D eigenvalue weighted by atomic mass is 10.1. The molecule has 2 aromatic heterocycles. The van der Waals surface area contributed by atoms with Gasteiger partial charge in [0.1, 0.15) is 6.26 Å². The fourth-order valence-corrected chi connectivity index (χ4v) is 2.94. The van der Waals surface area contributed by atoms with Crippen LogP contribution in [0.4, 0.5) is 24.5 Å². The van der Waals surface area contributed by atoms with Gasteiger partial charge in [-0.1, -0.05) is 0 Å². The second-order valence-corrected chi connectivity index (χ2v) is 8.02. The molecule has 0 aliphatic heterocycles. The number of carbonyl (C=O) groups excluding carboxylic acids is 2. The first-order valence-corrected chi connectivity index (χ1v) is 10.0. The van der Waals surface area contributed by atoms with Gasteiger partial charge in [-0.3, -0.25) is 9.59 Å². The fraction of sp³-hybridized carbons (Fsp3) is 0.111. The zero-order valence-corrected chi connectivity index (χ0v) is 15.9. The molecule has 0 bridgehead atoms. The van der Waals surface area contributed by atoms with E-state index in [1.807, 2.05) is 5.32 Å². The molecule has 1 aromatic carbocycles. The number of hydrogen-bond donors (Lipinski definition) is 2. The largest absolute Gasteiger partial charge is 0.472 e. The van der Waals surface area contributed by atoms with Crippen molar-refractivity contribution in [1.82, 2.24) is 0 Å². The minimum absolute atomic E-state index is 0.112. The molecule has 2 N–H and O–H groups in total. The van der Waals surface area contributed by atoms with Gasteiger partial charge in [0.2, 0.25) is 14.9 Å². The van der Waals surface area contributed by atoms with E-state index in [1.54, 1.807) is 0 Å². The van der Waals surface area contributed by atoms with Crippen molar-refractivity contribution in [2.45, 2.75) is 11.3 Å². The van der Waals surface area contributed by atoms with Crippen LogP contribution in [0, 0.1) is 0 Å². The first-order valence-electron chi connectivity index (χ1n) is 8.11. The van der Waals surface area contributed by atoms with Crippen LogP contribution < -0.4 is 10.6 Å². The van der Waals surface area contributed by atoms with Crippen molar-refractivity contribution < 1.29 is 40.0 Å². The van der Waals surface area contributed by atoms with Crippen molar-refractivity contribution in [2.24, 2.45) is 0 Å². The number of furan rings is 2. The second kappa shape index (κ2) is 7.71. The van der Waals surface area contributed by atoms with E-state index in [0.717, 1.165) is 36.8 Å². The Hall–Kier alpha value is -3.54. The highest BCUT2D eigenvalue weighted by atomic mass is 32.2. The number of carbonyl (C=O) groups is 2. The molecule has 0 unspecified atom stereocenters. The summed E-state index contributed by atoms with van der Waals surface area (Å²) in [6.45, 7) is 0. The van der Waals surface area contributed by atoms with Gasteiger partial charge < -0.3 is 19.5 Å². The Bertz CT molecular complexity index is 1200. The van der Waals surface area contributed by atoms with Gasteiger partial charge >= 0.3 is 6.18 Å². The van der Waals surface area contributed by atoms with E-state index in [-0.39, 0.29) is 11.3 Å². The molecule has 0 aliphatic carbocycles. The monoisotopic (exact) mass is 442 g/mol. The van der Waals surface area contributed by atoms with Gasteiger partial charge in [-0.15, -0.1) is 0 Å². The highest BCUT2D eigenvalue weighted by Crippen LogP contribution is 2.37. The number of amides is 2. The van der Waals surface area contributed by atoms with Gasteiger partial charge in [-0.2, -0.15) is 13.2 Å². The SMILES string of the molecule is CS(=O)(=O)c1ccc(C(=O)Nc2ccc(NC(=O)c3ccoc3)cc2C(F)(F)F)o1. The Morgan fingerprint density at radius 2 is 1.73 bits per heavy atom. The molecule has 3 aromatic rings. The molecular weight excluding hydrogens is 429 g/mol. The van der Waals surface area contributed by atoms with Crippen molar-refractivity contribution >= 4 is 33.0 Å². The molecule has 0 fully saturated rings. The van der Waals surface area contributed by atoms with Crippen molar-refractivity contribution in [3.8, 4) is 0 Å². The summed E-state index contributed by atoms with van der Waals surface area (Å²) in [5.41, 5.74) is -1.88. The third-order valence-corrected chi connectivity index (χ3v) is 4.74. The molecule has 0 saturated heterocycles. The fourth-order valence-electron chi connectivity index (χ4n) is 2.39. The Morgan fingerprint density at radius 1 is 1.00 bits per heavy atom. The quantitative estimate of drug-likeness (QED) is 0.621. The minimum Gasteiger partial charge on any atom is -0.472 e. The number of anilines is 2. The van der Waals surface area contributed by atoms with E-state index >= 15 is 0 Å². The van der Waals surface area contributed by atoms with Crippen LogP contribution in [0.15, 0.2) is 62.9 Å². The van der Waals surface area contributed by atoms with E-state index in [1.165, 1.54) is 12.3 Å². The Balaban J connectivity index is 1.86. The molecule has 30 heavy (non-hydrogen) atoms. The van der Waals surface area contributed by atoms with E-state index < -0.39 is 49.9 Å². The molecule has 0 atom stereocenters. The second-order valence-electron chi connectivity index (χ2n) is 6.07. The maximum Gasteiger partial charge on any atom is 0.418 e. The van der Waals surface area contributed by atoms with Gasteiger partial charge in [-0.05, 0) is 36.4 Å². The molecule has 12 heteroatoms. The van der Waals surface area contributed by atoms with Crippen LogP contribution in [0.25, 0.3) is 0 Å². The number of alkyl halides is 3. The van der Waals surface area contributed by atoms with Crippen molar-refractivity contribution in [3.05, 3.63) is 65.8 Å². The van der Waals surface area contributed by atoms with Crippen LogP contribution in [0.2, 0.25) is 0 Å². The van der Waals surface area contributed by atoms with Crippen molar-refractivity contribution in [3.63, 3.8) is 0 Å². The zero-order chi connectivity index (χ0) is 22.1. The van der Waals surface area contributed by atoms with Crippen LogP contribution in [0.5, 0.6) is 0 Å². The average molecular weight is 442 g/mol. The number of benzene rings is 1. The molecule has 3 rings (SSSR count). The number of rotatable bonds is 5. The lowest BCUT2D eigenvalue weighted by Crippen LogP contribution is -2.17. The number of halogens is 3. The predicted octanol–water partition coefficient (Wildman–Crippen LogP) is 3.80. The predicted molar refractivity (Wildman–Crippen MR) is 97.9 cm³/mol. The van der Waals surface area contributed by atoms with Crippen molar-refractivity contribution in [1.29, 1.82) is 0 Å². The van der Waals surface area contributed by atoms with E-state index in [2.05, 4.69) is 5.32 Å². The summed E-state index contributed by atoms with van der Waals surface area (Å²) in [7, 11) is -3.73. The van der Waals surface area contributed by atoms with Crippen LogP contribution >= 0.6 is 0 Å². The third kappa shape index (κ3) is 4.71. The lowest BCUT2D eigenvalue weighted by Gasteiger charge is -2.15. The smallest absolute Gasteiger partial charge is 0.418 e. The number of sulfone groups is 1. The molecule has 2 amide bonds. The third-order valence-electron chi connectivity index (χ3n) is 3.78. The molecule has 0 spiro atoms. The highest BCUT2D eigenvalue weighted by molar-refractivity contribution is 7.90. The van der Waals surface area contributed by atoms with Gasteiger partial charge in [0.05, 0.1) is 23.1 Å². The summed E-state index contributed by atoms with van der Waals surface area (Å²) in [5, 5.41) is 3.82. The average Bonchev–Trinajstić information content (AvgIpc) is 3.33. The molecule has 8 nitrogen and oxygen atoms in total. The zero-order valence-electron chi connectivity index (χ0n) is 15.1. The maximum atomic E-state index is 13.5. The number of nitrogens with one attached hydrogen (secondary N) is 2. The summed E-state index contributed by atoms with van der Waals surface area (Å²) in [6.07, 6.45) is -1.65. The standard InChI is InChI=1S/C18H13F3N2O6S/c1-30(26,27)15-5-4-14(29-15)17(25)23-13-3-2-11(8-12(13)18(19,20)21)22-16(24)10-6-7-28-9-10/h2-9H,1H3,(H,22,24)(H,23,25). The Labute approximate surface area is 167 Å². The molecule has 2 heterocycles. The summed E-state index contributed by atoms with van der Waals surface area (Å²) in [5.74, 6) is -2.25. The normalized spacial score (nSPS) is 11.9. The summed E-state index contributed by atoms with van der Waals surface area (Å²) in [4.78, 5) is 24.2. The lowest BCUT2D eigenvalue weighted by molar-refractivity contribution is -0.136. The molecule has 158 valence electrons. The van der Waals surface area contributed by atoms with Crippen molar-refractivity contribution in [2.75, 3.05) is 16.9 Å². The number of hydrogen-bond acceptors (Lipinski definition) is 6. The minimum atomic E-state index is -4.86. The molecule has 0 radical (unpaired) electrons. The van der Waals surface area contributed by atoms with Crippen LogP contribution in [0.3, 0.4) is 0 Å². The summed E-state index contributed by atoms with van der Waals surface area (Å²) < 4.78 is 72.9. The van der Waals surface area contributed by atoms with E-state index in [9.17, 15) is 31.2 Å². The van der Waals surface area contributed by atoms with Crippen LogP contribution in [-0.4, -0.2) is 26.5 Å². The van der Waals surface area contributed by atoms with Gasteiger partial charge in [-0.25, -0.2) is 8.42 Å². The topological polar surface area (TPSA) is 119 Å². The van der Waals surface area contributed by atoms with Gasteiger partial charge in [0.15, 0.2) is 5.76 Å². The Kier molecular flexibility index (Phi) is 5.44. The Morgan fingerprint density at radius 3 is 2.30 bits per heavy atom. The molecule has 0 saturated carbocycles. The van der Waals surface area contributed by atoms with Crippen LogP contribution in [-0.2, 0) is 16.0 Å².